The van der Waals surface area contributed by atoms with Crippen LogP contribution in [-0.4, -0.2) is 38.4 Å². The molecule has 162 valence electrons. The van der Waals surface area contributed by atoms with Gasteiger partial charge in [-0.25, -0.2) is 4.98 Å². The minimum Gasteiger partial charge on any atom is -0.497 e. The SMILES string of the molecule is COc1ccc2c(c1)c(C(=O)CSc1nnc3c(n1)[C@]1(C)CC[C@H]3C1(C)C)c(C)n2C. The molecule has 2 atom stereocenters. The fourth-order valence-corrected chi connectivity index (χ4v) is 6.32. The molecule has 0 N–H and O–H groups in total. The van der Waals surface area contributed by atoms with Crippen LogP contribution in [0.4, 0.5) is 0 Å². The molecule has 0 spiro atoms. The van der Waals surface area contributed by atoms with Gasteiger partial charge in [0, 0.05) is 40.5 Å². The molecule has 1 fully saturated rings. The van der Waals surface area contributed by atoms with E-state index in [9.17, 15) is 4.79 Å². The summed E-state index contributed by atoms with van der Waals surface area (Å²) in [7, 11) is 3.63. The van der Waals surface area contributed by atoms with Gasteiger partial charge in [0.15, 0.2) is 5.78 Å². The van der Waals surface area contributed by atoms with Crippen LogP contribution in [0.25, 0.3) is 10.9 Å². The van der Waals surface area contributed by atoms with E-state index in [4.69, 9.17) is 9.72 Å². The molecule has 3 aromatic rings. The van der Waals surface area contributed by atoms with Crippen molar-refractivity contribution in [1.29, 1.82) is 0 Å². The van der Waals surface area contributed by atoms with E-state index in [1.165, 1.54) is 11.8 Å². The van der Waals surface area contributed by atoms with Crippen LogP contribution in [0.2, 0.25) is 0 Å². The molecule has 7 heteroatoms. The van der Waals surface area contributed by atoms with E-state index in [2.05, 4.69) is 35.5 Å². The van der Waals surface area contributed by atoms with Gasteiger partial charge in [0.25, 0.3) is 0 Å². The molecular weight excluding hydrogens is 408 g/mol. The molecule has 1 saturated carbocycles. The summed E-state index contributed by atoms with van der Waals surface area (Å²) in [4.78, 5) is 18.1. The van der Waals surface area contributed by atoms with E-state index in [0.29, 0.717) is 11.1 Å². The Morgan fingerprint density at radius 3 is 2.81 bits per heavy atom. The highest BCUT2D eigenvalue weighted by Crippen LogP contribution is 2.66. The van der Waals surface area contributed by atoms with Gasteiger partial charge in [-0.1, -0.05) is 32.5 Å². The molecule has 2 aliphatic rings. The van der Waals surface area contributed by atoms with Gasteiger partial charge in [-0.15, -0.1) is 5.10 Å². The number of aryl methyl sites for hydroxylation is 1. The second-order valence-corrected chi connectivity index (χ2v) is 10.5. The Labute approximate surface area is 186 Å². The van der Waals surface area contributed by atoms with Gasteiger partial charge in [0.1, 0.15) is 5.75 Å². The standard InChI is InChI=1S/C24H28N4O2S/c1-13-19(15-11-14(30-6)7-8-17(15)28(13)5)18(29)12-31-22-25-21-20(26-27-22)16-9-10-24(21,4)23(16,2)3/h7-8,11,16H,9-10,12H2,1-6H3/t16-,24+/m1/s1. The first-order valence-corrected chi connectivity index (χ1v) is 11.7. The van der Waals surface area contributed by atoms with Gasteiger partial charge in [0.2, 0.25) is 5.16 Å². The summed E-state index contributed by atoms with van der Waals surface area (Å²) in [6.45, 7) is 8.93. The first-order chi connectivity index (χ1) is 14.7. The smallest absolute Gasteiger partial charge is 0.209 e. The molecule has 2 aliphatic carbocycles. The number of nitrogens with zero attached hydrogens (tertiary/aromatic N) is 4. The van der Waals surface area contributed by atoms with Crippen molar-refractivity contribution in [3.05, 3.63) is 40.8 Å². The lowest BCUT2D eigenvalue weighted by molar-refractivity contribution is 0.102. The molecule has 0 aliphatic heterocycles. The molecule has 2 bridgehead atoms. The Hall–Kier alpha value is -2.41. The van der Waals surface area contributed by atoms with E-state index >= 15 is 0 Å². The molecule has 6 nitrogen and oxygen atoms in total. The maximum absolute atomic E-state index is 13.2. The summed E-state index contributed by atoms with van der Waals surface area (Å²) in [5.74, 6) is 1.53. The fraction of sp³-hybridized carbons (Fsp3) is 0.500. The average molecular weight is 437 g/mol. The number of rotatable bonds is 5. The van der Waals surface area contributed by atoms with E-state index in [1.807, 2.05) is 32.2 Å². The molecule has 2 heterocycles. The van der Waals surface area contributed by atoms with Gasteiger partial charge in [-0.05, 0) is 43.4 Å². The van der Waals surface area contributed by atoms with Crippen molar-refractivity contribution in [3.63, 3.8) is 0 Å². The number of methoxy groups -OCH3 is 1. The average Bonchev–Trinajstić information content (AvgIpc) is 3.22. The Kier molecular flexibility index (Phi) is 4.49. The molecule has 0 amide bonds. The normalized spacial score (nSPS) is 23.4. The second kappa shape index (κ2) is 6.79. The monoisotopic (exact) mass is 436 g/mol. The third-order valence-electron chi connectivity index (χ3n) is 8.08. The predicted molar refractivity (Wildman–Crippen MR) is 122 cm³/mol. The molecule has 2 aromatic heterocycles. The third-order valence-corrected chi connectivity index (χ3v) is 8.92. The minimum absolute atomic E-state index is 0.0328. The largest absolute Gasteiger partial charge is 0.497 e. The zero-order valence-electron chi connectivity index (χ0n) is 18.9. The van der Waals surface area contributed by atoms with Gasteiger partial charge in [0.05, 0.1) is 24.3 Å². The number of thioether (sulfide) groups is 1. The third kappa shape index (κ3) is 2.71. The van der Waals surface area contributed by atoms with Crippen LogP contribution in [0.3, 0.4) is 0 Å². The van der Waals surface area contributed by atoms with Crippen LogP contribution in [0.1, 0.15) is 67.0 Å². The molecule has 0 saturated heterocycles. The molecule has 0 radical (unpaired) electrons. The topological polar surface area (TPSA) is 69.9 Å². The summed E-state index contributed by atoms with van der Waals surface area (Å²) in [5, 5.41) is 10.4. The summed E-state index contributed by atoms with van der Waals surface area (Å²) in [5.41, 5.74) is 5.04. The van der Waals surface area contributed by atoms with Crippen molar-refractivity contribution < 1.29 is 9.53 Å². The number of fused-ring (bicyclic) bond motifs is 6. The van der Waals surface area contributed by atoms with E-state index in [-0.39, 0.29) is 22.4 Å². The highest BCUT2D eigenvalue weighted by atomic mass is 32.2. The van der Waals surface area contributed by atoms with Gasteiger partial charge >= 0.3 is 0 Å². The Morgan fingerprint density at radius 1 is 1.29 bits per heavy atom. The van der Waals surface area contributed by atoms with Crippen molar-refractivity contribution in [2.75, 3.05) is 12.9 Å². The zero-order valence-corrected chi connectivity index (χ0v) is 19.8. The van der Waals surface area contributed by atoms with Crippen LogP contribution in [-0.2, 0) is 12.5 Å². The fourth-order valence-electron chi connectivity index (χ4n) is 5.66. The van der Waals surface area contributed by atoms with Crippen LogP contribution >= 0.6 is 11.8 Å². The van der Waals surface area contributed by atoms with Crippen molar-refractivity contribution >= 4 is 28.4 Å². The lowest BCUT2D eigenvalue weighted by atomic mass is 9.70. The maximum Gasteiger partial charge on any atom is 0.209 e. The highest BCUT2D eigenvalue weighted by Gasteiger charge is 2.61. The van der Waals surface area contributed by atoms with Crippen molar-refractivity contribution in [2.24, 2.45) is 12.5 Å². The van der Waals surface area contributed by atoms with Gasteiger partial charge < -0.3 is 9.30 Å². The number of benzene rings is 1. The molecular formula is C24H28N4O2S. The summed E-state index contributed by atoms with van der Waals surface area (Å²) in [6, 6.07) is 5.86. The van der Waals surface area contributed by atoms with E-state index in [1.54, 1.807) is 7.11 Å². The molecule has 31 heavy (non-hydrogen) atoms. The first-order valence-electron chi connectivity index (χ1n) is 10.7. The van der Waals surface area contributed by atoms with Crippen molar-refractivity contribution in [3.8, 4) is 5.75 Å². The van der Waals surface area contributed by atoms with Crippen LogP contribution in [0, 0.1) is 12.3 Å². The number of hydrogen-bond acceptors (Lipinski definition) is 6. The predicted octanol–water partition coefficient (Wildman–Crippen LogP) is 4.83. The van der Waals surface area contributed by atoms with Crippen molar-refractivity contribution in [2.45, 2.75) is 57.0 Å². The number of carbonyl (C=O) groups is 1. The summed E-state index contributed by atoms with van der Waals surface area (Å²) in [6.07, 6.45) is 2.29. The van der Waals surface area contributed by atoms with E-state index < -0.39 is 0 Å². The Morgan fingerprint density at radius 2 is 2.06 bits per heavy atom. The highest BCUT2D eigenvalue weighted by molar-refractivity contribution is 7.99. The Bertz CT molecular complexity index is 1230. The summed E-state index contributed by atoms with van der Waals surface area (Å²) < 4.78 is 7.43. The van der Waals surface area contributed by atoms with Gasteiger partial charge in [-0.2, -0.15) is 5.10 Å². The van der Waals surface area contributed by atoms with Crippen LogP contribution in [0.15, 0.2) is 23.4 Å². The molecule has 5 rings (SSSR count). The number of Topliss-reactive ketones (excluding diaryl/α,β-unsaturated/α-hetero) is 1. The number of ketones is 1. The second-order valence-electron chi connectivity index (χ2n) is 9.59. The number of hydrogen-bond donors (Lipinski definition) is 0. The minimum atomic E-state index is 0.0328. The Balaban J connectivity index is 1.43. The quantitative estimate of drug-likeness (QED) is 0.421. The van der Waals surface area contributed by atoms with Crippen LogP contribution < -0.4 is 4.74 Å². The lowest BCUT2D eigenvalue weighted by Gasteiger charge is -2.33. The van der Waals surface area contributed by atoms with E-state index in [0.717, 1.165) is 52.1 Å². The lowest BCUT2D eigenvalue weighted by Crippen LogP contribution is -2.32. The maximum atomic E-state index is 13.2. The first kappa shape index (κ1) is 20.5. The summed E-state index contributed by atoms with van der Waals surface area (Å²) >= 11 is 1.38. The molecule has 0 unspecified atom stereocenters. The zero-order chi connectivity index (χ0) is 22.1. The van der Waals surface area contributed by atoms with Crippen LogP contribution in [0.5, 0.6) is 5.75 Å². The number of ether oxygens (including phenoxy) is 1. The van der Waals surface area contributed by atoms with Crippen molar-refractivity contribution in [1.82, 2.24) is 19.7 Å². The molecule has 1 aromatic carbocycles. The number of carbonyl (C=O) groups excluding carboxylic acids is 1. The number of aromatic nitrogens is 4. The van der Waals surface area contributed by atoms with Gasteiger partial charge in [-0.3, -0.25) is 4.79 Å².